The lowest BCUT2D eigenvalue weighted by atomic mass is 9.88. The van der Waals surface area contributed by atoms with Crippen LogP contribution in [0.15, 0.2) is 51.7 Å². The van der Waals surface area contributed by atoms with Gasteiger partial charge in [-0.15, -0.1) is 16.5 Å². The summed E-state index contributed by atoms with van der Waals surface area (Å²) in [5.74, 6) is -4.04. The van der Waals surface area contributed by atoms with E-state index in [0.29, 0.717) is 59.7 Å². The van der Waals surface area contributed by atoms with E-state index in [-0.39, 0.29) is 120 Å². The zero-order chi connectivity index (χ0) is 52.9. The smallest absolute Gasteiger partial charge is 0.326 e. The first-order valence-electron chi connectivity index (χ1n) is 23.8. The molecule has 8 N–H and O–H groups in total. The van der Waals surface area contributed by atoms with Gasteiger partial charge in [-0.25, -0.2) is 19.8 Å². The molecule has 4 atom stereocenters. The fourth-order valence-corrected chi connectivity index (χ4v) is 9.66. The number of Topliss-reactive ketones (excluding diaryl/α,β-unsaturated/α-hetero) is 2. The van der Waals surface area contributed by atoms with E-state index >= 15 is 0 Å². The molecule has 0 bridgehead atoms. The number of fused-ring (bicyclic) bond motifs is 1. The first-order valence-corrected chi connectivity index (χ1v) is 25.9. The number of aliphatic carboxylic acids is 1. The second kappa shape index (κ2) is 25.4. The highest BCUT2D eigenvalue weighted by molar-refractivity contribution is 8.00. The zero-order valence-corrected chi connectivity index (χ0v) is 42.9. The van der Waals surface area contributed by atoms with Gasteiger partial charge >= 0.3 is 5.97 Å². The number of nitrogens with two attached hydrogens (primary N) is 2. The molecule has 73 heavy (non-hydrogen) atoms. The van der Waals surface area contributed by atoms with Crippen LogP contribution in [0.2, 0.25) is 0 Å². The number of nitrogens with zero attached hydrogens (tertiary/aromatic N) is 9. The highest BCUT2D eigenvalue weighted by Gasteiger charge is 2.37. The van der Waals surface area contributed by atoms with E-state index in [0.717, 1.165) is 11.3 Å². The number of benzene rings is 1. The summed E-state index contributed by atoms with van der Waals surface area (Å²) in [6.45, 7) is 6.00. The number of ketones is 2. The minimum absolute atomic E-state index is 0.00416. The number of rotatable bonds is 27. The van der Waals surface area contributed by atoms with Gasteiger partial charge < -0.3 is 37.4 Å². The highest BCUT2D eigenvalue weighted by atomic mass is 32.2. The van der Waals surface area contributed by atoms with Crippen LogP contribution in [0.1, 0.15) is 109 Å². The van der Waals surface area contributed by atoms with Crippen molar-refractivity contribution in [3.05, 3.63) is 63.8 Å². The Balaban J connectivity index is 0.958. The van der Waals surface area contributed by atoms with Gasteiger partial charge in [0.2, 0.25) is 23.7 Å². The number of amidine groups is 1. The van der Waals surface area contributed by atoms with Crippen LogP contribution in [0.5, 0.6) is 0 Å². The molecular weight excluding hydrogens is 981 g/mol. The number of amides is 5. The van der Waals surface area contributed by atoms with Crippen molar-refractivity contribution >= 4 is 104 Å². The molecular formula is C48H60N14O9S2. The molecule has 6 rings (SSSR count). The van der Waals surface area contributed by atoms with E-state index in [2.05, 4.69) is 51.1 Å². The first kappa shape index (κ1) is 55.0. The number of aromatic nitrogens is 4. The van der Waals surface area contributed by atoms with E-state index in [4.69, 9.17) is 11.5 Å². The summed E-state index contributed by atoms with van der Waals surface area (Å²) in [5, 5.41) is 26.5. The minimum atomic E-state index is -1.25. The van der Waals surface area contributed by atoms with Crippen molar-refractivity contribution in [2.75, 3.05) is 49.4 Å². The lowest BCUT2D eigenvalue weighted by molar-refractivity contribution is -0.140. The third kappa shape index (κ3) is 14.7. The molecule has 0 saturated carbocycles. The fraction of sp³-hybridized carbons (Fsp3) is 0.479. The predicted octanol–water partition coefficient (Wildman–Crippen LogP) is 3.74. The van der Waals surface area contributed by atoms with Crippen molar-refractivity contribution < 1.29 is 43.5 Å². The Bertz CT molecular complexity index is 2820. The van der Waals surface area contributed by atoms with Crippen molar-refractivity contribution in [3.63, 3.8) is 0 Å². The normalized spacial score (nSPS) is 15.6. The number of nitrogens with one attached hydrogen (secondary N) is 3. The largest absolute Gasteiger partial charge is 0.480 e. The Labute approximate surface area is 429 Å². The van der Waals surface area contributed by atoms with Crippen LogP contribution in [0.25, 0.3) is 11.2 Å². The minimum Gasteiger partial charge on any atom is -0.480 e. The molecule has 0 radical (unpaired) electrons. The van der Waals surface area contributed by atoms with Gasteiger partial charge in [0.1, 0.15) is 11.8 Å². The monoisotopic (exact) mass is 1040 g/mol. The summed E-state index contributed by atoms with van der Waals surface area (Å²) < 4.78 is 0. The Morgan fingerprint density at radius 2 is 1.75 bits per heavy atom. The van der Waals surface area contributed by atoms with Crippen LogP contribution in [-0.2, 0) is 41.7 Å². The number of aliphatic imine (C=N–C) groups is 1. The molecule has 1 fully saturated rings. The lowest BCUT2D eigenvalue weighted by Crippen LogP contribution is -2.44. The van der Waals surface area contributed by atoms with Crippen LogP contribution in [0.3, 0.4) is 0 Å². The SMILES string of the molecule is CSC1CC(=O)N(CCCCCC(=O)C[C@H](C(=O)N[C@@H](C)C(=O)Cc2ccc(C(=O)NCCC[C@H](NC(=O)c3ccc(N(C)Cc4cnc5nc(N)nc(N)c5n4)s3)C(=O)O)c(C3=NCN=N3)c2)C(C)C)C1=O. The van der Waals surface area contributed by atoms with Gasteiger partial charge in [-0.2, -0.15) is 26.8 Å². The number of carbonyl (C=O) groups excluding carboxylic acids is 7. The molecule has 1 aromatic carbocycles. The van der Waals surface area contributed by atoms with Gasteiger partial charge in [0, 0.05) is 57.3 Å². The molecule has 5 heterocycles. The van der Waals surface area contributed by atoms with Gasteiger partial charge in [-0.05, 0) is 74.6 Å². The number of hydrogen-bond acceptors (Lipinski definition) is 20. The maximum Gasteiger partial charge on any atom is 0.326 e. The maximum atomic E-state index is 13.5. The highest BCUT2D eigenvalue weighted by Crippen LogP contribution is 2.28. The van der Waals surface area contributed by atoms with Crippen LogP contribution in [0, 0.1) is 11.8 Å². The van der Waals surface area contributed by atoms with Crippen LogP contribution in [-0.4, -0.2) is 133 Å². The second-order valence-electron chi connectivity index (χ2n) is 18.1. The molecule has 388 valence electrons. The third-order valence-electron chi connectivity index (χ3n) is 12.3. The van der Waals surface area contributed by atoms with E-state index in [1.54, 1.807) is 44.5 Å². The number of carbonyl (C=O) groups is 8. The van der Waals surface area contributed by atoms with Crippen molar-refractivity contribution in [3.8, 4) is 0 Å². The summed E-state index contributed by atoms with van der Waals surface area (Å²) in [4.78, 5) is 128. The van der Waals surface area contributed by atoms with Gasteiger partial charge in [0.15, 0.2) is 35.3 Å². The summed E-state index contributed by atoms with van der Waals surface area (Å²) in [7, 11) is 1.79. The number of likely N-dealkylation sites (tertiary alicyclic amines) is 1. The van der Waals surface area contributed by atoms with Crippen molar-refractivity contribution in [2.24, 2.45) is 27.1 Å². The summed E-state index contributed by atoms with van der Waals surface area (Å²) in [6.07, 6.45) is 5.71. The molecule has 5 amide bonds. The van der Waals surface area contributed by atoms with E-state index in [1.165, 1.54) is 28.9 Å². The average Bonchev–Trinajstić information content (AvgIpc) is 4.13. The van der Waals surface area contributed by atoms with Gasteiger partial charge in [0.05, 0.1) is 45.2 Å². The van der Waals surface area contributed by atoms with E-state index in [1.807, 2.05) is 18.7 Å². The number of hydrogen-bond donors (Lipinski definition) is 6. The third-order valence-corrected chi connectivity index (χ3v) is 14.4. The summed E-state index contributed by atoms with van der Waals surface area (Å²) in [5.41, 5.74) is 13.8. The number of imide groups is 1. The summed E-state index contributed by atoms with van der Waals surface area (Å²) in [6, 6.07) is 5.93. The molecule has 25 heteroatoms. The van der Waals surface area contributed by atoms with Gasteiger partial charge in [0.25, 0.3) is 11.8 Å². The molecule has 3 aromatic heterocycles. The molecule has 0 aliphatic carbocycles. The Morgan fingerprint density at radius 3 is 2.45 bits per heavy atom. The predicted molar refractivity (Wildman–Crippen MR) is 275 cm³/mol. The molecule has 0 spiro atoms. The maximum absolute atomic E-state index is 13.5. The van der Waals surface area contributed by atoms with E-state index < -0.39 is 41.7 Å². The summed E-state index contributed by atoms with van der Waals surface area (Å²) >= 11 is 2.52. The van der Waals surface area contributed by atoms with Crippen LogP contribution in [0.4, 0.5) is 16.8 Å². The van der Waals surface area contributed by atoms with Crippen LogP contribution < -0.4 is 32.3 Å². The van der Waals surface area contributed by atoms with Crippen molar-refractivity contribution in [1.29, 1.82) is 0 Å². The van der Waals surface area contributed by atoms with Gasteiger partial charge in [-0.1, -0.05) is 26.3 Å². The number of anilines is 3. The lowest BCUT2D eigenvalue weighted by Gasteiger charge is -2.22. The number of thiophene rings is 1. The topological polar surface area (TPSA) is 340 Å². The van der Waals surface area contributed by atoms with Crippen molar-refractivity contribution in [2.45, 2.75) is 102 Å². The molecule has 1 saturated heterocycles. The number of thioether (sulfide) groups is 1. The standard InChI is InChI=1S/C48H60N14O9S2/c1-25(2)31(20-29(63)10-7-6-8-17-62-37(65)21-36(72-5)46(62)69)44(67)55-26(3)34(64)19-27-12-13-30(32(18-27)41-53-24-54-60-41)43(66)51-16-9-11-33(47(70)71)57-45(68)35-14-15-38(73-35)61(4)23-28-22-52-42-39(56-28)40(49)58-48(50)59-42/h12-15,18,22,25-26,31,33,36H,6-11,16-17,19-21,23-24H2,1-5H3,(H,51,66)(H,55,67)(H,57,68)(H,70,71)(H4,49,50,52,58,59)/t26-,31-,33-,36?/m0/s1. The number of nitrogen functional groups attached to an aromatic ring is 2. The number of carboxylic acids is 1. The van der Waals surface area contributed by atoms with Crippen molar-refractivity contribution in [1.82, 2.24) is 40.8 Å². The van der Waals surface area contributed by atoms with Gasteiger partial charge in [-0.3, -0.25) is 38.5 Å². The molecule has 1 unspecified atom stereocenters. The zero-order valence-electron chi connectivity index (χ0n) is 41.3. The van der Waals surface area contributed by atoms with E-state index in [9.17, 15) is 43.5 Å². The first-order chi connectivity index (χ1) is 34.8. The number of carboxylic acid groups (broad SMARTS) is 1. The Morgan fingerprint density at radius 1 is 0.973 bits per heavy atom. The molecule has 4 aromatic rings. The Hall–Kier alpha value is -7.28. The molecule has 23 nitrogen and oxygen atoms in total. The number of azo groups is 1. The average molecular weight is 1040 g/mol. The second-order valence-corrected chi connectivity index (χ2v) is 20.2. The Kier molecular flexibility index (Phi) is 19.1. The quantitative estimate of drug-likeness (QED) is 0.0366. The fourth-order valence-electron chi connectivity index (χ4n) is 8.15. The number of unbranched alkanes of at least 4 members (excludes halogenated alkanes) is 2. The molecule has 2 aliphatic heterocycles. The van der Waals surface area contributed by atoms with Crippen LogP contribution >= 0.6 is 23.1 Å². The molecule has 2 aliphatic rings.